The van der Waals surface area contributed by atoms with E-state index in [1.165, 1.54) is 0 Å². The summed E-state index contributed by atoms with van der Waals surface area (Å²) in [5.74, 6) is 0.823. The SMILES string of the molecule is CC(=O)c1nc2n(C)c3ccccc3n2c1C. The Hall–Kier alpha value is -2.10. The van der Waals surface area contributed by atoms with Crippen molar-refractivity contribution in [1.82, 2.24) is 14.0 Å². The number of hydrogen-bond acceptors (Lipinski definition) is 2. The minimum absolute atomic E-state index is 0.00952. The molecule has 2 aromatic heterocycles. The van der Waals surface area contributed by atoms with Crippen molar-refractivity contribution in [1.29, 1.82) is 0 Å². The molecule has 4 nitrogen and oxygen atoms in total. The number of carbonyl (C=O) groups excluding carboxylic acids is 1. The summed E-state index contributed by atoms with van der Waals surface area (Å²) in [7, 11) is 1.97. The topological polar surface area (TPSA) is 39.3 Å². The van der Waals surface area contributed by atoms with Crippen LogP contribution in [-0.2, 0) is 7.05 Å². The van der Waals surface area contributed by atoms with E-state index in [4.69, 9.17) is 0 Å². The summed E-state index contributed by atoms with van der Waals surface area (Å²) in [6, 6.07) is 8.09. The Balaban J connectivity index is 2.56. The molecule has 0 fully saturated rings. The molecule has 0 aliphatic carbocycles. The zero-order valence-electron chi connectivity index (χ0n) is 10.1. The van der Waals surface area contributed by atoms with Crippen LogP contribution in [0.4, 0.5) is 0 Å². The highest BCUT2D eigenvalue weighted by Crippen LogP contribution is 2.22. The molecule has 4 heteroatoms. The minimum atomic E-state index is 0.00952. The van der Waals surface area contributed by atoms with Gasteiger partial charge in [-0.25, -0.2) is 4.98 Å². The van der Waals surface area contributed by atoms with Crippen LogP contribution in [0.5, 0.6) is 0 Å². The van der Waals surface area contributed by atoms with Gasteiger partial charge in [-0.3, -0.25) is 9.20 Å². The summed E-state index contributed by atoms with van der Waals surface area (Å²) >= 11 is 0. The van der Waals surface area contributed by atoms with Crippen LogP contribution >= 0.6 is 0 Å². The first kappa shape index (κ1) is 10.1. The lowest BCUT2D eigenvalue weighted by Crippen LogP contribution is -1.96. The number of para-hydroxylation sites is 2. The lowest BCUT2D eigenvalue weighted by molar-refractivity contribution is 0.101. The number of aromatic nitrogens is 3. The van der Waals surface area contributed by atoms with Crippen molar-refractivity contribution in [3.05, 3.63) is 35.7 Å². The number of nitrogens with zero attached hydrogens (tertiary/aromatic N) is 3. The summed E-state index contributed by atoms with van der Waals surface area (Å²) in [5, 5.41) is 0. The summed E-state index contributed by atoms with van der Waals surface area (Å²) in [6.07, 6.45) is 0. The number of ketones is 1. The molecule has 3 aromatic rings. The van der Waals surface area contributed by atoms with Crippen LogP contribution < -0.4 is 0 Å². The molecule has 0 aliphatic rings. The third-order valence-electron chi connectivity index (χ3n) is 3.21. The van der Waals surface area contributed by atoms with Crippen LogP contribution in [0.25, 0.3) is 16.8 Å². The van der Waals surface area contributed by atoms with E-state index in [0.717, 1.165) is 22.5 Å². The number of fused-ring (bicyclic) bond motifs is 3. The van der Waals surface area contributed by atoms with E-state index in [1.807, 2.05) is 41.1 Å². The maximum atomic E-state index is 11.5. The summed E-state index contributed by atoms with van der Waals surface area (Å²) in [4.78, 5) is 15.9. The van der Waals surface area contributed by atoms with Crippen LogP contribution in [-0.4, -0.2) is 19.7 Å². The minimum Gasteiger partial charge on any atom is -0.313 e. The average molecular weight is 227 g/mol. The van der Waals surface area contributed by atoms with Gasteiger partial charge in [-0.1, -0.05) is 12.1 Å². The fraction of sp³-hybridized carbons (Fsp3) is 0.231. The van der Waals surface area contributed by atoms with E-state index in [-0.39, 0.29) is 5.78 Å². The lowest BCUT2D eigenvalue weighted by Gasteiger charge is -1.96. The van der Waals surface area contributed by atoms with Crippen molar-refractivity contribution in [2.24, 2.45) is 7.05 Å². The number of aryl methyl sites for hydroxylation is 2. The number of rotatable bonds is 1. The predicted octanol–water partition coefficient (Wildman–Crippen LogP) is 2.34. The van der Waals surface area contributed by atoms with E-state index in [0.29, 0.717) is 5.69 Å². The third kappa shape index (κ3) is 1.18. The van der Waals surface area contributed by atoms with Crippen LogP contribution in [0.3, 0.4) is 0 Å². The highest BCUT2D eigenvalue weighted by Gasteiger charge is 2.17. The van der Waals surface area contributed by atoms with Crippen molar-refractivity contribution >= 4 is 22.6 Å². The Kier molecular flexibility index (Phi) is 1.90. The van der Waals surface area contributed by atoms with Gasteiger partial charge in [0.25, 0.3) is 0 Å². The Labute approximate surface area is 98.5 Å². The molecular formula is C13H13N3O. The number of carbonyl (C=O) groups is 1. The van der Waals surface area contributed by atoms with Crippen LogP contribution in [0.1, 0.15) is 23.1 Å². The molecule has 0 bridgehead atoms. The van der Waals surface area contributed by atoms with Gasteiger partial charge in [0.05, 0.1) is 16.7 Å². The van der Waals surface area contributed by atoms with E-state index in [1.54, 1.807) is 6.92 Å². The maximum Gasteiger partial charge on any atom is 0.215 e. The van der Waals surface area contributed by atoms with E-state index >= 15 is 0 Å². The third-order valence-corrected chi connectivity index (χ3v) is 3.21. The molecule has 0 aliphatic heterocycles. The van der Waals surface area contributed by atoms with Crippen molar-refractivity contribution in [3.8, 4) is 0 Å². The number of benzene rings is 1. The first-order valence-electron chi connectivity index (χ1n) is 5.54. The normalized spacial score (nSPS) is 11.5. The van der Waals surface area contributed by atoms with Gasteiger partial charge in [0.1, 0.15) is 5.69 Å². The molecule has 2 heterocycles. The van der Waals surface area contributed by atoms with E-state index < -0.39 is 0 Å². The molecule has 0 spiro atoms. The number of imidazole rings is 2. The molecule has 0 saturated heterocycles. The second-order valence-electron chi connectivity index (χ2n) is 4.29. The highest BCUT2D eigenvalue weighted by atomic mass is 16.1. The molecule has 0 radical (unpaired) electrons. The number of hydrogen-bond donors (Lipinski definition) is 0. The van der Waals surface area contributed by atoms with Crippen molar-refractivity contribution in [3.63, 3.8) is 0 Å². The molecular weight excluding hydrogens is 214 g/mol. The van der Waals surface area contributed by atoms with Crippen molar-refractivity contribution in [2.75, 3.05) is 0 Å². The average Bonchev–Trinajstić information content (AvgIpc) is 2.78. The number of Topliss-reactive ketones (excluding diaryl/α,β-unsaturated/α-hetero) is 1. The monoisotopic (exact) mass is 227 g/mol. The zero-order valence-corrected chi connectivity index (χ0v) is 10.1. The second kappa shape index (κ2) is 3.20. The fourth-order valence-electron chi connectivity index (χ4n) is 2.38. The van der Waals surface area contributed by atoms with Crippen molar-refractivity contribution < 1.29 is 4.79 Å². The molecule has 86 valence electrons. The molecule has 0 unspecified atom stereocenters. The molecule has 3 rings (SSSR count). The van der Waals surface area contributed by atoms with Gasteiger partial charge in [-0.2, -0.15) is 0 Å². The van der Waals surface area contributed by atoms with Gasteiger partial charge in [0, 0.05) is 14.0 Å². The van der Waals surface area contributed by atoms with Crippen molar-refractivity contribution in [2.45, 2.75) is 13.8 Å². The zero-order chi connectivity index (χ0) is 12.2. The van der Waals surface area contributed by atoms with Gasteiger partial charge < -0.3 is 4.57 Å². The smallest absolute Gasteiger partial charge is 0.215 e. The van der Waals surface area contributed by atoms with E-state index in [9.17, 15) is 4.79 Å². The molecule has 0 N–H and O–H groups in total. The quantitative estimate of drug-likeness (QED) is 0.598. The van der Waals surface area contributed by atoms with Crippen LogP contribution in [0.15, 0.2) is 24.3 Å². The Morgan fingerprint density at radius 1 is 1.24 bits per heavy atom. The highest BCUT2D eigenvalue weighted by molar-refractivity contribution is 5.95. The summed E-state index contributed by atoms with van der Waals surface area (Å²) in [5.41, 5.74) is 3.67. The lowest BCUT2D eigenvalue weighted by atomic mass is 10.2. The first-order chi connectivity index (χ1) is 8.11. The summed E-state index contributed by atoms with van der Waals surface area (Å²) in [6.45, 7) is 3.49. The van der Waals surface area contributed by atoms with Gasteiger partial charge in [-0.15, -0.1) is 0 Å². The molecule has 0 amide bonds. The van der Waals surface area contributed by atoms with E-state index in [2.05, 4.69) is 11.1 Å². The molecule has 0 saturated carbocycles. The van der Waals surface area contributed by atoms with Gasteiger partial charge in [-0.05, 0) is 19.1 Å². The maximum absolute atomic E-state index is 11.5. The summed E-state index contributed by atoms with van der Waals surface area (Å²) < 4.78 is 4.04. The van der Waals surface area contributed by atoms with Gasteiger partial charge in [0.2, 0.25) is 5.78 Å². The standard InChI is InChI=1S/C13H13N3O/c1-8-12(9(2)17)14-13-15(3)10-6-4-5-7-11(10)16(8)13/h4-7H,1-3H3. The van der Waals surface area contributed by atoms with Gasteiger partial charge in [0.15, 0.2) is 5.78 Å². The molecule has 1 aromatic carbocycles. The second-order valence-corrected chi connectivity index (χ2v) is 4.29. The molecule has 0 atom stereocenters. The Morgan fingerprint density at radius 2 is 1.88 bits per heavy atom. The fourth-order valence-corrected chi connectivity index (χ4v) is 2.38. The predicted molar refractivity (Wildman–Crippen MR) is 66.4 cm³/mol. The van der Waals surface area contributed by atoms with Crippen LogP contribution in [0.2, 0.25) is 0 Å². The van der Waals surface area contributed by atoms with Gasteiger partial charge >= 0.3 is 0 Å². The Bertz CT molecular complexity index is 749. The largest absolute Gasteiger partial charge is 0.313 e. The van der Waals surface area contributed by atoms with Crippen LogP contribution in [0, 0.1) is 6.92 Å². The first-order valence-corrected chi connectivity index (χ1v) is 5.54. The Morgan fingerprint density at radius 3 is 2.53 bits per heavy atom. The molecule has 17 heavy (non-hydrogen) atoms.